The maximum Gasteiger partial charge on any atom is 0.124 e. The Labute approximate surface area is 267 Å². The molecule has 45 heavy (non-hydrogen) atoms. The van der Waals surface area contributed by atoms with Gasteiger partial charge >= 0.3 is 0 Å². The Hall–Kier alpha value is -5.38. The zero-order chi connectivity index (χ0) is 30.2. The van der Waals surface area contributed by atoms with Crippen molar-refractivity contribution in [2.45, 2.75) is 13.3 Å². The monoisotopic (exact) mass is 594 g/mol. The van der Waals surface area contributed by atoms with Crippen molar-refractivity contribution in [2.75, 3.05) is 0 Å². The van der Waals surface area contributed by atoms with Crippen LogP contribution >= 0.6 is 11.3 Å². The molecule has 8 aromatic rings. The van der Waals surface area contributed by atoms with E-state index in [9.17, 15) is 0 Å². The first-order valence-corrected chi connectivity index (χ1v) is 16.1. The number of hydrogen-bond donors (Lipinski definition) is 0. The molecule has 0 aliphatic heterocycles. The third kappa shape index (κ3) is 5.43. The molecule has 0 unspecified atom stereocenters. The molecule has 0 saturated carbocycles. The topological polar surface area (TPSA) is 25.8 Å². The molecule has 0 bridgehead atoms. The van der Waals surface area contributed by atoms with Crippen molar-refractivity contribution in [2.24, 2.45) is 0 Å². The third-order valence-corrected chi connectivity index (χ3v) is 9.60. The van der Waals surface area contributed by atoms with Gasteiger partial charge in [-0.05, 0) is 92.5 Å². The van der Waals surface area contributed by atoms with Crippen LogP contribution in [0.3, 0.4) is 0 Å². The van der Waals surface area contributed by atoms with Crippen LogP contribution in [0.4, 0.5) is 0 Å². The van der Waals surface area contributed by atoms with E-state index in [1.54, 1.807) is 11.3 Å². The lowest BCUT2D eigenvalue weighted by Gasteiger charge is -2.10. The molecule has 0 N–H and O–H groups in total. The fourth-order valence-electron chi connectivity index (χ4n) is 6.23. The van der Waals surface area contributed by atoms with Crippen LogP contribution in [0.5, 0.6) is 0 Å². The SMILES string of the molecule is Cc1cc(-c2nc3ccc(-c4ccc(-c5cccc6ccccc56)cc4)cc3s2)ccc1-c1cccc(Cc2ccccn2)c1. The number of thiazole rings is 1. The lowest BCUT2D eigenvalue weighted by Crippen LogP contribution is -1.92. The molecule has 0 amide bonds. The van der Waals surface area contributed by atoms with Gasteiger partial charge in [-0.2, -0.15) is 0 Å². The summed E-state index contributed by atoms with van der Waals surface area (Å²) < 4.78 is 1.20. The molecule has 3 heteroatoms. The summed E-state index contributed by atoms with van der Waals surface area (Å²) in [5.74, 6) is 0. The largest absolute Gasteiger partial charge is 0.261 e. The normalized spacial score (nSPS) is 11.3. The minimum Gasteiger partial charge on any atom is -0.261 e. The summed E-state index contributed by atoms with van der Waals surface area (Å²) in [6.07, 6.45) is 2.68. The van der Waals surface area contributed by atoms with Gasteiger partial charge in [0, 0.05) is 23.9 Å². The lowest BCUT2D eigenvalue weighted by molar-refractivity contribution is 1.07. The molecule has 0 fully saturated rings. The molecule has 214 valence electrons. The quantitative estimate of drug-likeness (QED) is 0.191. The zero-order valence-electron chi connectivity index (χ0n) is 24.9. The number of hydrogen-bond acceptors (Lipinski definition) is 3. The number of benzene rings is 6. The molecule has 0 spiro atoms. The smallest absolute Gasteiger partial charge is 0.124 e. The number of fused-ring (bicyclic) bond motifs is 2. The van der Waals surface area contributed by atoms with Gasteiger partial charge in [-0.25, -0.2) is 4.98 Å². The van der Waals surface area contributed by atoms with Gasteiger partial charge in [0.15, 0.2) is 0 Å². The fraction of sp³-hybridized carbons (Fsp3) is 0.0476. The highest BCUT2D eigenvalue weighted by Crippen LogP contribution is 2.36. The summed E-state index contributed by atoms with van der Waals surface area (Å²) in [5, 5.41) is 3.59. The average Bonchev–Trinajstić information content (AvgIpc) is 3.52. The third-order valence-electron chi connectivity index (χ3n) is 8.53. The van der Waals surface area contributed by atoms with Crippen LogP contribution in [0.25, 0.3) is 64.9 Å². The van der Waals surface area contributed by atoms with Gasteiger partial charge in [-0.1, -0.05) is 115 Å². The highest BCUT2D eigenvalue weighted by atomic mass is 32.1. The first-order chi connectivity index (χ1) is 22.2. The molecule has 0 atom stereocenters. The van der Waals surface area contributed by atoms with Gasteiger partial charge in [0.05, 0.1) is 10.2 Å². The number of rotatable bonds is 6. The summed E-state index contributed by atoms with van der Waals surface area (Å²) >= 11 is 1.76. The van der Waals surface area contributed by atoms with Crippen molar-refractivity contribution in [1.82, 2.24) is 9.97 Å². The first-order valence-electron chi connectivity index (χ1n) is 15.3. The lowest BCUT2D eigenvalue weighted by atomic mass is 9.96. The molecule has 2 aromatic heterocycles. The Morgan fingerprint density at radius 2 is 1.33 bits per heavy atom. The van der Waals surface area contributed by atoms with E-state index < -0.39 is 0 Å². The van der Waals surface area contributed by atoms with E-state index in [2.05, 4.69) is 145 Å². The van der Waals surface area contributed by atoms with Crippen LogP contribution in [-0.2, 0) is 6.42 Å². The second-order valence-corrected chi connectivity index (χ2v) is 12.6. The molecule has 0 aliphatic carbocycles. The standard InChI is InChI=1S/C42H30N2S/c1-28-24-35(19-21-37(28)34-11-6-8-29(25-34)26-36-12-4-5-23-43-36)42-44-40-22-20-33(27-41(40)45-42)30-15-17-32(18-16-30)39-14-7-10-31-9-2-3-13-38(31)39/h2-25,27H,26H2,1H3. The number of aromatic nitrogens is 2. The van der Waals surface area contributed by atoms with E-state index in [1.807, 2.05) is 18.3 Å². The number of nitrogens with zero attached hydrogens (tertiary/aromatic N) is 2. The Morgan fingerprint density at radius 1 is 0.556 bits per heavy atom. The zero-order valence-corrected chi connectivity index (χ0v) is 25.8. The van der Waals surface area contributed by atoms with Crippen LogP contribution in [0.15, 0.2) is 152 Å². The predicted octanol–water partition coefficient (Wildman–Crippen LogP) is 11.4. The van der Waals surface area contributed by atoms with Crippen LogP contribution in [0, 0.1) is 6.92 Å². The molecule has 8 rings (SSSR count). The van der Waals surface area contributed by atoms with E-state index in [0.717, 1.165) is 28.2 Å². The summed E-state index contributed by atoms with van der Waals surface area (Å²) in [6.45, 7) is 2.19. The molecule has 2 nitrogen and oxygen atoms in total. The van der Waals surface area contributed by atoms with Crippen molar-refractivity contribution >= 4 is 32.3 Å². The second kappa shape index (κ2) is 11.6. The van der Waals surface area contributed by atoms with Gasteiger partial charge in [-0.3, -0.25) is 4.98 Å². The summed E-state index contributed by atoms with van der Waals surface area (Å²) in [6, 6.07) is 52.2. The van der Waals surface area contributed by atoms with E-state index in [1.165, 1.54) is 60.0 Å². The van der Waals surface area contributed by atoms with Gasteiger partial charge in [0.25, 0.3) is 0 Å². The minimum absolute atomic E-state index is 0.827. The van der Waals surface area contributed by atoms with E-state index >= 15 is 0 Å². The van der Waals surface area contributed by atoms with Crippen molar-refractivity contribution < 1.29 is 0 Å². The van der Waals surface area contributed by atoms with Gasteiger partial charge < -0.3 is 0 Å². The predicted molar refractivity (Wildman–Crippen MR) is 191 cm³/mol. The van der Waals surface area contributed by atoms with Crippen LogP contribution < -0.4 is 0 Å². The van der Waals surface area contributed by atoms with Crippen molar-refractivity contribution in [3.05, 3.63) is 169 Å². The summed E-state index contributed by atoms with van der Waals surface area (Å²) in [5.41, 5.74) is 13.2. The molecular formula is C42H30N2S. The average molecular weight is 595 g/mol. The van der Waals surface area contributed by atoms with E-state index in [-0.39, 0.29) is 0 Å². The van der Waals surface area contributed by atoms with Crippen LogP contribution in [0.1, 0.15) is 16.8 Å². The highest BCUT2D eigenvalue weighted by Gasteiger charge is 2.12. The maximum absolute atomic E-state index is 5.02. The van der Waals surface area contributed by atoms with Crippen LogP contribution in [0.2, 0.25) is 0 Å². The molecule has 2 heterocycles. The minimum atomic E-state index is 0.827. The van der Waals surface area contributed by atoms with Gasteiger partial charge in [-0.15, -0.1) is 11.3 Å². The maximum atomic E-state index is 5.02. The van der Waals surface area contributed by atoms with Crippen LogP contribution in [-0.4, -0.2) is 9.97 Å². The Kier molecular flexibility index (Phi) is 7.01. The highest BCUT2D eigenvalue weighted by molar-refractivity contribution is 7.21. The van der Waals surface area contributed by atoms with Gasteiger partial charge in [0.2, 0.25) is 0 Å². The molecule has 0 saturated heterocycles. The Morgan fingerprint density at radius 3 is 2.20 bits per heavy atom. The number of aryl methyl sites for hydroxylation is 1. The number of pyridine rings is 1. The second-order valence-electron chi connectivity index (χ2n) is 11.5. The Bertz CT molecular complexity index is 2290. The molecule has 6 aromatic carbocycles. The van der Waals surface area contributed by atoms with Crippen molar-refractivity contribution in [1.29, 1.82) is 0 Å². The van der Waals surface area contributed by atoms with Gasteiger partial charge in [0.1, 0.15) is 5.01 Å². The van der Waals surface area contributed by atoms with Crippen molar-refractivity contribution in [3.8, 4) is 44.0 Å². The van der Waals surface area contributed by atoms with E-state index in [4.69, 9.17) is 4.98 Å². The summed E-state index contributed by atoms with van der Waals surface area (Å²) in [4.78, 5) is 9.51. The molecule has 0 aliphatic rings. The Balaban J connectivity index is 1.05. The van der Waals surface area contributed by atoms with E-state index in [0.29, 0.717) is 0 Å². The molecule has 0 radical (unpaired) electrons. The van der Waals surface area contributed by atoms with Crippen molar-refractivity contribution in [3.63, 3.8) is 0 Å². The fourth-order valence-corrected chi connectivity index (χ4v) is 7.23. The summed E-state index contributed by atoms with van der Waals surface area (Å²) in [7, 11) is 0. The first kappa shape index (κ1) is 27.2. The molecular weight excluding hydrogens is 565 g/mol.